The maximum absolute atomic E-state index is 11.5. The van der Waals surface area contributed by atoms with E-state index in [9.17, 15) is 4.79 Å². The van der Waals surface area contributed by atoms with Crippen LogP contribution in [-0.4, -0.2) is 38.2 Å². The van der Waals surface area contributed by atoms with E-state index in [0.29, 0.717) is 18.8 Å². The monoisotopic (exact) mass is 238 g/mol. The molecule has 0 spiro atoms. The molecule has 1 rings (SSSR count). The number of carbonyl (C=O) groups is 1. The van der Waals surface area contributed by atoms with Crippen LogP contribution in [0.1, 0.15) is 5.56 Å². The molecular formula is C12H18N2O3. The summed E-state index contributed by atoms with van der Waals surface area (Å²) in [5, 5.41) is 0. The Morgan fingerprint density at radius 3 is 2.76 bits per heavy atom. The van der Waals surface area contributed by atoms with Gasteiger partial charge < -0.3 is 20.1 Å². The molecule has 0 saturated carbocycles. The number of benzene rings is 1. The van der Waals surface area contributed by atoms with Gasteiger partial charge in [0.05, 0.1) is 7.11 Å². The van der Waals surface area contributed by atoms with Crippen molar-refractivity contribution < 1.29 is 14.3 Å². The Morgan fingerprint density at radius 2 is 2.12 bits per heavy atom. The number of hydrogen-bond acceptors (Lipinski definition) is 4. The van der Waals surface area contributed by atoms with Crippen LogP contribution in [0.15, 0.2) is 24.3 Å². The summed E-state index contributed by atoms with van der Waals surface area (Å²) in [4.78, 5) is 13.0. The summed E-state index contributed by atoms with van der Waals surface area (Å²) in [5.41, 5.74) is 6.19. The van der Waals surface area contributed by atoms with Crippen molar-refractivity contribution in [2.45, 2.75) is 6.61 Å². The van der Waals surface area contributed by atoms with Crippen molar-refractivity contribution in [3.05, 3.63) is 29.8 Å². The SMILES string of the molecule is COc1ccccc1COC(=O)N(C)CCN. The molecule has 0 aliphatic carbocycles. The highest BCUT2D eigenvalue weighted by Crippen LogP contribution is 2.18. The number of nitrogens with two attached hydrogens (primary N) is 1. The minimum atomic E-state index is -0.388. The molecule has 0 fully saturated rings. The number of methoxy groups -OCH3 is 1. The number of para-hydroxylation sites is 1. The molecule has 5 nitrogen and oxygen atoms in total. The van der Waals surface area contributed by atoms with Crippen LogP contribution >= 0.6 is 0 Å². The third-order valence-electron chi connectivity index (χ3n) is 2.32. The van der Waals surface area contributed by atoms with Crippen LogP contribution in [0.4, 0.5) is 4.79 Å². The van der Waals surface area contributed by atoms with E-state index in [1.165, 1.54) is 4.90 Å². The predicted molar refractivity (Wildman–Crippen MR) is 64.9 cm³/mol. The van der Waals surface area contributed by atoms with Crippen LogP contribution in [0.3, 0.4) is 0 Å². The Morgan fingerprint density at radius 1 is 1.41 bits per heavy atom. The molecule has 0 aliphatic heterocycles. The van der Waals surface area contributed by atoms with Crippen LogP contribution < -0.4 is 10.5 Å². The molecule has 1 aromatic rings. The van der Waals surface area contributed by atoms with Gasteiger partial charge >= 0.3 is 6.09 Å². The fourth-order valence-electron chi connectivity index (χ4n) is 1.36. The van der Waals surface area contributed by atoms with E-state index in [-0.39, 0.29) is 12.7 Å². The van der Waals surface area contributed by atoms with Crippen LogP contribution in [0, 0.1) is 0 Å². The number of rotatable bonds is 5. The first-order valence-corrected chi connectivity index (χ1v) is 5.39. The molecule has 0 heterocycles. The molecule has 94 valence electrons. The highest BCUT2D eigenvalue weighted by Gasteiger charge is 2.10. The van der Waals surface area contributed by atoms with Gasteiger partial charge in [-0.25, -0.2) is 4.79 Å². The molecule has 0 aromatic heterocycles. The van der Waals surface area contributed by atoms with Gasteiger partial charge in [0.25, 0.3) is 0 Å². The Bertz CT molecular complexity index is 369. The Kier molecular flexibility index (Phi) is 5.29. The van der Waals surface area contributed by atoms with Crippen molar-refractivity contribution in [3.8, 4) is 5.75 Å². The van der Waals surface area contributed by atoms with Crippen molar-refractivity contribution in [2.24, 2.45) is 5.73 Å². The Hall–Kier alpha value is -1.75. The molecule has 0 unspecified atom stereocenters. The van der Waals surface area contributed by atoms with E-state index in [0.717, 1.165) is 5.56 Å². The highest BCUT2D eigenvalue weighted by atomic mass is 16.6. The van der Waals surface area contributed by atoms with Crippen LogP contribution in [0.25, 0.3) is 0 Å². The maximum Gasteiger partial charge on any atom is 0.409 e. The second kappa shape index (κ2) is 6.75. The fraction of sp³-hybridized carbons (Fsp3) is 0.417. The second-order valence-corrected chi connectivity index (χ2v) is 3.58. The maximum atomic E-state index is 11.5. The van der Waals surface area contributed by atoms with E-state index >= 15 is 0 Å². The van der Waals surface area contributed by atoms with E-state index in [2.05, 4.69) is 0 Å². The molecule has 0 atom stereocenters. The van der Waals surface area contributed by atoms with Crippen molar-refractivity contribution >= 4 is 6.09 Å². The quantitative estimate of drug-likeness (QED) is 0.837. The van der Waals surface area contributed by atoms with E-state index in [4.69, 9.17) is 15.2 Å². The van der Waals surface area contributed by atoms with Crippen molar-refractivity contribution in [3.63, 3.8) is 0 Å². The third-order valence-corrected chi connectivity index (χ3v) is 2.32. The van der Waals surface area contributed by atoms with Crippen molar-refractivity contribution in [2.75, 3.05) is 27.2 Å². The van der Waals surface area contributed by atoms with E-state index in [1.807, 2.05) is 24.3 Å². The number of hydrogen-bond donors (Lipinski definition) is 1. The molecule has 2 N–H and O–H groups in total. The molecule has 1 aromatic carbocycles. The minimum absolute atomic E-state index is 0.192. The number of likely N-dealkylation sites (N-methyl/N-ethyl adjacent to an activating group) is 1. The van der Waals surface area contributed by atoms with E-state index in [1.54, 1.807) is 14.2 Å². The molecular weight excluding hydrogens is 220 g/mol. The predicted octanol–water partition coefficient (Wildman–Crippen LogP) is 1.22. The summed E-state index contributed by atoms with van der Waals surface area (Å²) in [6.45, 7) is 1.09. The lowest BCUT2D eigenvalue weighted by molar-refractivity contribution is 0.105. The molecule has 5 heteroatoms. The van der Waals surface area contributed by atoms with Crippen molar-refractivity contribution in [1.29, 1.82) is 0 Å². The summed E-state index contributed by atoms with van der Waals surface area (Å²) >= 11 is 0. The molecule has 0 radical (unpaired) electrons. The largest absolute Gasteiger partial charge is 0.496 e. The molecule has 0 bridgehead atoms. The average molecular weight is 238 g/mol. The average Bonchev–Trinajstić information content (AvgIpc) is 2.36. The van der Waals surface area contributed by atoms with Gasteiger partial charge in [0.15, 0.2) is 0 Å². The summed E-state index contributed by atoms with van der Waals surface area (Å²) in [5.74, 6) is 0.710. The van der Waals surface area contributed by atoms with Crippen molar-refractivity contribution in [1.82, 2.24) is 4.90 Å². The summed E-state index contributed by atoms with van der Waals surface area (Å²) in [7, 11) is 3.23. The van der Waals surface area contributed by atoms with Gasteiger partial charge in [-0.1, -0.05) is 18.2 Å². The minimum Gasteiger partial charge on any atom is -0.496 e. The van der Waals surface area contributed by atoms with E-state index < -0.39 is 0 Å². The first-order valence-electron chi connectivity index (χ1n) is 5.39. The smallest absolute Gasteiger partial charge is 0.409 e. The first-order chi connectivity index (χ1) is 8.19. The van der Waals surface area contributed by atoms with Gasteiger partial charge in [0.2, 0.25) is 0 Å². The fourth-order valence-corrected chi connectivity index (χ4v) is 1.36. The standard InChI is InChI=1S/C12H18N2O3/c1-14(8-7-13)12(15)17-9-10-5-3-4-6-11(10)16-2/h3-6H,7-9,13H2,1-2H3. The lowest BCUT2D eigenvalue weighted by Gasteiger charge is -2.16. The van der Waals surface area contributed by atoms with Crippen LogP contribution in [0.2, 0.25) is 0 Å². The highest BCUT2D eigenvalue weighted by molar-refractivity contribution is 5.67. The third kappa shape index (κ3) is 3.96. The summed E-state index contributed by atoms with van der Waals surface area (Å²) in [6.07, 6.45) is -0.388. The zero-order valence-corrected chi connectivity index (χ0v) is 10.2. The number of ether oxygens (including phenoxy) is 2. The van der Waals surface area contributed by atoms with Gasteiger partial charge in [-0.2, -0.15) is 0 Å². The normalized spacial score (nSPS) is 9.82. The van der Waals surface area contributed by atoms with Gasteiger partial charge in [0.1, 0.15) is 12.4 Å². The Balaban J connectivity index is 2.52. The summed E-state index contributed by atoms with van der Waals surface area (Å²) < 4.78 is 10.3. The number of carbonyl (C=O) groups excluding carboxylic acids is 1. The lowest BCUT2D eigenvalue weighted by atomic mass is 10.2. The topological polar surface area (TPSA) is 64.8 Å². The molecule has 0 saturated heterocycles. The molecule has 1 amide bonds. The summed E-state index contributed by atoms with van der Waals surface area (Å²) in [6, 6.07) is 7.42. The number of nitrogens with zero attached hydrogens (tertiary/aromatic N) is 1. The lowest BCUT2D eigenvalue weighted by Crippen LogP contribution is -2.32. The molecule has 17 heavy (non-hydrogen) atoms. The second-order valence-electron chi connectivity index (χ2n) is 3.58. The van der Waals surface area contributed by atoms with Gasteiger partial charge in [0, 0.05) is 25.7 Å². The van der Waals surface area contributed by atoms with Gasteiger partial charge in [-0.15, -0.1) is 0 Å². The zero-order valence-electron chi connectivity index (χ0n) is 10.2. The van der Waals surface area contributed by atoms with Crippen LogP contribution in [0.5, 0.6) is 5.75 Å². The van der Waals surface area contributed by atoms with Gasteiger partial charge in [-0.05, 0) is 6.07 Å². The molecule has 0 aliphatic rings. The van der Waals surface area contributed by atoms with Crippen LogP contribution in [-0.2, 0) is 11.3 Å². The Labute approximate surface area is 101 Å². The zero-order chi connectivity index (χ0) is 12.7. The number of amides is 1. The van der Waals surface area contributed by atoms with Gasteiger partial charge in [-0.3, -0.25) is 0 Å². The first kappa shape index (κ1) is 13.3.